The highest BCUT2D eigenvalue weighted by Crippen LogP contribution is 2.11. The molecular formula is C7H11ClN4O2. The van der Waals surface area contributed by atoms with Gasteiger partial charge in [0.25, 0.3) is 0 Å². The molecule has 0 saturated carbocycles. The van der Waals surface area contributed by atoms with Crippen molar-refractivity contribution in [2.45, 2.75) is 13.0 Å². The minimum atomic E-state index is -0.154. The molecule has 0 bridgehead atoms. The lowest BCUT2D eigenvalue weighted by atomic mass is 10.4. The van der Waals surface area contributed by atoms with E-state index in [1.165, 1.54) is 7.11 Å². The maximum atomic E-state index is 8.79. The van der Waals surface area contributed by atoms with Gasteiger partial charge in [-0.1, -0.05) is 0 Å². The molecule has 1 aromatic rings. The predicted octanol–water partition coefficient (Wildman–Crippen LogP) is 0.326. The van der Waals surface area contributed by atoms with Crippen molar-refractivity contribution in [3.8, 4) is 6.01 Å². The fourth-order valence-electron chi connectivity index (χ4n) is 0.754. The Hall–Kier alpha value is -1.14. The van der Waals surface area contributed by atoms with Crippen molar-refractivity contribution in [2.24, 2.45) is 0 Å². The van der Waals surface area contributed by atoms with Gasteiger partial charge in [0.05, 0.1) is 13.7 Å². The predicted molar refractivity (Wildman–Crippen MR) is 51.6 cm³/mol. The SMILES string of the molecule is COc1nc(Cl)nc(NC(C)CO)n1. The molecule has 7 heteroatoms. The summed E-state index contributed by atoms with van der Waals surface area (Å²) in [5.41, 5.74) is 0. The summed E-state index contributed by atoms with van der Waals surface area (Å²) in [5, 5.41) is 11.7. The summed E-state index contributed by atoms with van der Waals surface area (Å²) >= 11 is 5.61. The Morgan fingerprint density at radius 3 is 2.79 bits per heavy atom. The number of methoxy groups -OCH3 is 1. The molecule has 0 aliphatic rings. The molecule has 0 radical (unpaired) electrons. The maximum Gasteiger partial charge on any atom is 0.322 e. The Morgan fingerprint density at radius 2 is 2.21 bits per heavy atom. The Balaban J connectivity index is 2.81. The summed E-state index contributed by atoms with van der Waals surface area (Å²) < 4.78 is 4.80. The fraction of sp³-hybridized carbons (Fsp3) is 0.571. The Labute approximate surface area is 86.3 Å². The zero-order valence-electron chi connectivity index (χ0n) is 7.86. The number of nitrogens with zero attached hydrogens (tertiary/aromatic N) is 3. The van der Waals surface area contributed by atoms with Crippen LogP contribution in [-0.2, 0) is 0 Å². The third-order valence-electron chi connectivity index (χ3n) is 1.42. The molecule has 6 nitrogen and oxygen atoms in total. The van der Waals surface area contributed by atoms with Crippen molar-refractivity contribution >= 4 is 17.5 Å². The van der Waals surface area contributed by atoms with Crippen molar-refractivity contribution in [3.63, 3.8) is 0 Å². The standard InChI is InChI=1S/C7H11ClN4O2/c1-4(3-13)9-6-10-5(8)11-7(12-6)14-2/h4,13H,3H2,1-2H3,(H,9,10,11,12). The van der Waals surface area contributed by atoms with E-state index in [9.17, 15) is 0 Å². The molecule has 0 fully saturated rings. The van der Waals surface area contributed by atoms with Gasteiger partial charge < -0.3 is 15.2 Å². The molecule has 1 heterocycles. The van der Waals surface area contributed by atoms with Gasteiger partial charge in [-0.2, -0.15) is 15.0 Å². The first-order chi connectivity index (χ1) is 6.65. The molecular weight excluding hydrogens is 208 g/mol. The second-order valence-corrected chi connectivity index (χ2v) is 2.98. The number of anilines is 1. The zero-order chi connectivity index (χ0) is 10.6. The zero-order valence-corrected chi connectivity index (χ0v) is 8.62. The first-order valence-electron chi connectivity index (χ1n) is 3.98. The van der Waals surface area contributed by atoms with Crippen LogP contribution in [-0.4, -0.2) is 39.8 Å². The van der Waals surface area contributed by atoms with Crippen molar-refractivity contribution < 1.29 is 9.84 Å². The van der Waals surface area contributed by atoms with Crippen LogP contribution in [0, 0.1) is 0 Å². The van der Waals surface area contributed by atoms with E-state index in [4.69, 9.17) is 21.4 Å². The highest BCUT2D eigenvalue weighted by Gasteiger charge is 2.07. The van der Waals surface area contributed by atoms with Crippen LogP contribution in [0.3, 0.4) is 0 Å². The van der Waals surface area contributed by atoms with Crippen LogP contribution in [0.1, 0.15) is 6.92 Å². The first kappa shape index (κ1) is 10.9. The second kappa shape index (κ2) is 4.92. The van der Waals surface area contributed by atoms with Crippen LogP contribution in [0.4, 0.5) is 5.95 Å². The quantitative estimate of drug-likeness (QED) is 0.758. The molecule has 1 rings (SSSR count). The van der Waals surface area contributed by atoms with E-state index in [2.05, 4.69) is 20.3 Å². The van der Waals surface area contributed by atoms with Crippen LogP contribution >= 0.6 is 11.6 Å². The molecule has 0 aromatic carbocycles. The molecule has 0 amide bonds. The maximum absolute atomic E-state index is 8.79. The lowest BCUT2D eigenvalue weighted by Crippen LogP contribution is -2.21. The molecule has 0 aliphatic heterocycles. The van der Waals surface area contributed by atoms with Crippen molar-refractivity contribution in [2.75, 3.05) is 19.0 Å². The van der Waals surface area contributed by atoms with Gasteiger partial charge in [-0.3, -0.25) is 0 Å². The van der Waals surface area contributed by atoms with E-state index in [1.54, 1.807) is 6.92 Å². The number of ether oxygens (including phenoxy) is 1. The largest absolute Gasteiger partial charge is 0.467 e. The number of aliphatic hydroxyl groups is 1. The monoisotopic (exact) mass is 218 g/mol. The molecule has 1 atom stereocenters. The van der Waals surface area contributed by atoms with E-state index in [0.717, 1.165) is 0 Å². The fourth-order valence-corrected chi connectivity index (χ4v) is 0.906. The summed E-state index contributed by atoms with van der Waals surface area (Å²) in [6, 6.07) is -0.0178. The van der Waals surface area contributed by atoms with Gasteiger partial charge in [0.2, 0.25) is 11.2 Å². The Bertz CT molecular complexity index is 310. The summed E-state index contributed by atoms with van der Waals surface area (Å²) in [6.07, 6.45) is 0. The highest BCUT2D eigenvalue weighted by atomic mass is 35.5. The number of halogens is 1. The molecule has 2 N–H and O–H groups in total. The average Bonchev–Trinajstić information content (AvgIpc) is 2.16. The molecule has 78 valence electrons. The van der Waals surface area contributed by atoms with E-state index in [0.29, 0.717) is 0 Å². The van der Waals surface area contributed by atoms with Crippen LogP contribution in [0.15, 0.2) is 0 Å². The van der Waals surface area contributed by atoms with Crippen LogP contribution < -0.4 is 10.1 Å². The van der Waals surface area contributed by atoms with Gasteiger partial charge in [0.1, 0.15) is 0 Å². The smallest absolute Gasteiger partial charge is 0.322 e. The topological polar surface area (TPSA) is 80.2 Å². The van der Waals surface area contributed by atoms with Crippen LogP contribution in [0.2, 0.25) is 5.28 Å². The molecule has 14 heavy (non-hydrogen) atoms. The van der Waals surface area contributed by atoms with E-state index in [1.807, 2.05) is 0 Å². The summed E-state index contributed by atoms with van der Waals surface area (Å²) in [5.74, 6) is 0.281. The van der Waals surface area contributed by atoms with Gasteiger partial charge in [-0.15, -0.1) is 0 Å². The van der Waals surface area contributed by atoms with Gasteiger partial charge in [0.15, 0.2) is 0 Å². The molecule has 0 spiro atoms. The van der Waals surface area contributed by atoms with Crippen LogP contribution in [0.25, 0.3) is 0 Å². The normalized spacial score (nSPS) is 12.3. The van der Waals surface area contributed by atoms with Crippen LogP contribution in [0.5, 0.6) is 6.01 Å². The van der Waals surface area contributed by atoms with Gasteiger partial charge in [0, 0.05) is 6.04 Å². The average molecular weight is 219 g/mol. The first-order valence-corrected chi connectivity index (χ1v) is 4.36. The molecule has 0 saturated heterocycles. The van der Waals surface area contributed by atoms with Gasteiger partial charge in [-0.25, -0.2) is 0 Å². The third-order valence-corrected chi connectivity index (χ3v) is 1.59. The molecule has 0 aliphatic carbocycles. The Morgan fingerprint density at radius 1 is 1.50 bits per heavy atom. The third kappa shape index (κ3) is 2.97. The van der Waals surface area contributed by atoms with Gasteiger partial charge in [-0.05, 0) is 18.5 Å². The summed E-state index contributed by atoms with van der Waals surface area (Å²) in [4.78, 5) is 11.4. The summed E-state index contributed by atoms with van der Waals surface area (Å²) in [7, 11) is 1.44. The van der Waals surface area contributed by atoms with Crippen molar-refractivity contribution in [1.82, 2.24) is 15.0 Å². The number of aliphatic hydroxyl groups excluding tert-OH is 1. The van der Waals surface area contributed by atoms with E-state index >= 15 is 0 Å². The number of nitrogens with one attached hydrogen (secondary N) is 1. The van der Waals surface area contributed by atoms with E-state index < -0.39 is 0 Å². The lowest BCUT2D eigenvalue weighted by molar-refractivity contribution is 0.280. The number of aromatic nitrogens is 3. The van der Waals surface area contributed by atoms with Crippen molar-refractivity contribution in [1.29, 1.82) is 0 Å². The van der Waals surface area contributed by atoms with Gasteiger partial charge >= 0.3 is 6.01 Å². The number of hydrogen-bond acceptors (Lipinski definition) is 6. The van der Waals surface area contributed by atoms with Crippen molar-refractivity contribution in [3.05, 3.63) is 5.28 Å². The Kier molecular flexibility index (Phi) is 3.84. The molecule has 1 aromatic heterocycles. The summed E-state index contributed by atoms with van der Waals surface area (Å²) in [6.45, 7) is 1.76. The minimum Gasteiger partial charge on any atom is -0.467 e. The number of rotatable bonds is 4. The minimum absolute atomic E-state index is 0.0222. The molecule has 1 unspecified atom stereocenters. The highest BCUT2D eigenvalue weighted by molar-refractivity contribution is 6.28. The van der Waals surface area contributed by atoms with E-state index in [-0.39, 0.29) is 29.9 Å². The number of hydrogen-bond donors (Lipinski definition) is 2. The second-order valence-electron chi connectivity index (χ2n) is 2.64. The lowest BCUT2D eigenvalue weighted by Gasteiger charge is -2.10.